The smallest absolute Gasteiger partial charge is 0.264 e. The van der Waals surface area contributed by atoms with Crippen LogP contribution in [0.1, 0.15) is 37.6 Å². The van der Waals surface area contributed by atoms with Crippen molar-refractivity contribution >= 4 is 33.2 Å². The maximum atomic E-state index is 13.1. The molecule has 0 bridgehead atoms. The lowest BCUT2D eigenvalue weighted by atomic mass is 10.0. The first kappa shape index (κ1) is 21.2. The summed E-state index contributed by atoms with van der Waals surface area (Å²) in [6, 6.07) is 9.03. The number of benzene rings is 2. The molecular formula is C19H22ClFN2O3S. The fourth-order valence-corrected chi connectivity index (χ4v) is 3.68. The molecule has 2 aromatic rings. The number of anilines is 1. The van der Waals surface area contributed by atoms with E-state index in [-0.39, 0.29) is 15.5 Å². The molecule has 2 rings (SSSR count). The van der Waals surface area contributed by atoms with Gasteiger partial charge in [-0.15, -0.1) is 0 Å². The molecule has 1 amide bonds. The van der Waals surface area contributed by atoms with E-state index in [9.17, 15) is 17.6 Å². The highest BCUT2D eigenvalue weighted by Gasteiger charge is 2.25. The highest BCUT2D eigenvalue weighted by atomic mass is 35.5. The summed E-state index contributed by atoms with van der Waals surface area (Å²) in [5.41, 5.74) is -0.0866. The van der Waals surface area contributed by atoms with Crippen LogP contribution in [0.25, 0.3) is 0 Å². The van der Waals surface area contributed by atoms with Gasteiger partial charge in [0.2, 0.25) is 0 Å². The molecule has 0 fully saturated rings. The van der Waals surface area contributed by atoms with E-state index in [2.05, 4.69) is 5.32 Å². The van der Waals surface area contributed by atoms with Crippen molar-refractivity contribution in [2.75, 3.05) is 11.4 Å². The Balaban J connectivity index is 2.41. The van der Waals surface area contributed by atoms with Gasteiger partial charge >= 0.3 is 0 Å². The molecule has 0 spiro atoms. The Bertz CT molecular complexity index is 944. The van der Waals surface area contributed by atoms with Crippen LogP contribution in [0, 0.1) is 5.82 Å². The fourth-order valence-electron chi connectivity index (χ4n) is 2.25. The van der Waals surface area contributed by atoms with Gasteiger partial charge in [-0.3, -0.25) is 9.10 Å². The zero-order valence-corrected chi connectivity index (χ0v) is 17.2. The first-order chi connectivity index (χ1) is 12.5. The first-order valence-electron chi connectivity index (χ1n) is 8.34. The molecule has 0 aromatic heterocycles. The van der Waals surface area contributed by atoms with Gasteiger partial charge in [-0.05, 0) is 62.7 Å². The van der Waals surface area contributed by atoms with Gasteiger partial charge in [0.25, 0.3) is 15.9 Å². The van der Waals surface area contributed by atoms with Crippen LogP contribution in [0.3, 0.4) is 0 Å². The van der Waals surface area contributed by atoms with E-state index < -0.39 is 27.3 Å². The quantitative estimate of drug-likeness (QED) is 0.772. The summed E-state index contributed by atoms with van der Waals surface area (Å²) in [5, 5.41) is 2.99. The van der Waals surface area contributed by atoms with Crippen LogP contribution >= 0.6 is 11.6 Å². The summed E-state index contributed by atoms with van der Waals surface area (Å²) in [7, 11) is -2.60. The number of hydrogen-bond donors (Lipinski definition) is 1. The Kier molecular flexibility index (Phi) is 6.17. The van der Waals surface area contributed by atoms with Gasteiger partial charge in [0, 0.05) is 12.6 Å². The van der Waals surface area contributed by atoms with Gasteiger partial charge in [0.1, 0.15) is 5.82 Å². The number of carbonyl (C=O) groups excluding carboxylic acids is 1. The molecule has 146 valence electrons. The third kappa shape index (κ3) is 4.78. The predicted octanol–water partition coefficient (Wildman–Crippen LogP) is 4.22. The molecule has 0 radical (unpaired) electrons. The van der Waals surface area contributed by atoms with Crippen LogP contribution < -0.4 is 9.62 Å². The Morgan fingerprint density at radius 1 is 1.19 bits per heavy atom. The molecule has 0 saturated carbocycles. The molecule has 0 heterocycles. The number of nitrogens with one attached hydrogen (secondary N) is 1. The second-order valence-corrected chi connectivity index (χ2v) is 9.16. The minimum Gasteiger partial charge on any atom is -0.347 e. The van der Waals surface area contributed by atoms with Crippen molar-refractivity contribution < 1.29 is 17.6 Å². The highest BCUT2D eigenvalue weighted by Crippen LogP contribution is 2.26. The average molecular weight is 413 g/mol. The maximum Gasteiger partial charge on any atom is 0.264 e. The lowest BCUT2D eigenvalue weighted by Crippen LogP contribution is -2.43. The molecule has 8 heteroatoms. The summed E-state index contributed by atoms with van der Waals surface area (Å²) < 4.78 is 39.9. The molecule has 0 unspecified atom stereocenters. The molecule has 2 aromatic carbocycles. The predicted molar refractivity (Wildman–Crippen MR) is 105 cm³/mol. The van der Waals surface area contributed by atoms with E-state index >= 15 is 0 Å². The summed E-state index contributed by atoms with van der Waals surface area (Å²) in [5.74, 6) is -0.915. The first-order valence-corrected chi connectivity index (χ1v) is 10.2. The van der Waals surface area contributed by atoms with Crippen molar-refractivity contribution in [2.45, 2.75) is 37.6 Å². The zero-order valence-electron chi connectivity index (χ0n) is 15.6. The SMILES string of the molecule is CCC(C)(C)NC(=O)c1cc(S(=O)(=O)N(C)c2ccc(F)cc2)ccc1Cl. The lowest BCUT2D eigenvalue weighted by Gasteiger charge is -2.25. The Hall–Kier alpha value is -2.12. The molecule has 0 saturated heterocycles. The molecule has 5 nitrogen and oxygen atoms in total. The van der Waals surface area contributed by atoms with Crippen molar-refractivity contribution in [3.63, 3.8) is 0 Å². The van der Waals surface area contributed by atoms with Crippen molar-refractivity contribution in [1.82, 2.24) is 5.32 Å². The maximum absolute atomic E-state index is 13.1. The van der Waals surface area contributed by atoms with Crippen LogP contribution in [0.15, 0.2) is 47.4 Å². The minimum absolute atomic E-state index is 0.0757. The van der Waals surface area contributed by atoms with Crippen molar-refractivity contribution in [1.29, 1.82) is 0 Å². The molecule has 0 aliphatic carbocycles. The third-order valence-corrected chi connectivity index (χ3v) is 6.48. The second kappa shape index (κ2) is 7.86. The van der Waals surface area contributed by atoms with E-state index in [4.69, 9.17) is 11.6 Å². The van der Waals surface area contributed by atoms with Gasteiger partial charge in [-0.2, -0.15) is 0 Å². The normalized spacial score (nSPS) is 11.9. The van der Waals surface area contributed by atoms with Crippen LogP contribution in [0.2, 0.25) is 5.02 Å². The van der Waals surface area contributed by atoms with Crippen LogP contribution in [-0.2, 0) is 10.0 Å². The summed E-state index contributed by atoms with van der Waals surface area (Å²) >= 11 is 6.12. The summed E-state index contributed by atoms with van der Waals surface area (Å²) in [6.07, 6.45) is 0.696. The second-order valence-electron chi connectivity index (χ2n) is 6.78. The Labute approximate surface area is 164 Å². The number of hydrogen-bond acceptors (Lipinski definition) is 3. The third-order valence-electron chi connectivity index (χ3n) is 4.37. The van der Waals surface area contributed by atoms with E-state index in [1.54, 1.807) is 0 Å². The van der Waals surface area contributed by atoms with Gasteiger partial charge < -0.3 is 5.32 Å². The number of halogens is 2. The Morgan fingerprint density at radius 3 is 2.33 bits per heavy atom. The standard InChI is InChI=1S/C19H22ClFN2O3S/c1-5-19(2,3)22-18(24)16-12-15(10-11-17(16)20)27(25,26)23(4)14-8-6-13(21)7-9-14/h6-12H,5H2,1-4H3,(H,22,24). The zero-order chi connectivity index (χ0) is 20.4. The molecule has 0 aliphatic heterocycles. The highest BCUT2D eigenvalue weighted by molar-refractivity contribution is 7.92. The molecule has 1 N–H and O–H groups in total. The van der Waals surface area contributed by atoms with E-state index in [1.807, 2.05) is 20.8 Å². The van der Waals surface area contributed by atoms with Gasteiger partial charge in [-0.1, -0.05) is 18.5 Å². The van der Waals surface area contributed by atoms with Gasteiger partial charge in [0.05, 0.1) is 21.2 Å². The van der Waals surface area contributed by atoms with Crippen molar-refractivity contribution in [2.24, 2.45) is 0 Å². The number of nitrogens with zero attached hydrogens (tertiary/aromatic N) is 1. The van der Waals surface area contributed by atoms with E-state index in [1.165, 1.54) is 49.5 Å². The van der Waals surface area contributed by atoms with Crippen LogP contribution in [-0.4, -0.2) is 26.9 Å². The minimum atomic E-state index is -3.95. The summed E-state index contributed by atoms with van der Waals surface area (Å²) in [4.78, 5) is 12.5. The molecule has 27 heavy (non-hydrogen) atoms. The molecule has 0 aliphatic rings. The fraction of sp³-hybridized carbons (Fsp3) is 0.316. The van der Waals surface area contributed by atoms with Crippen LogP contribution in [0.5, 0.6) is 0 Å². The summed E-state index contributed by atoms with van der Waals surface area (Å²) in [6.45, 7) is 5.66. The van der Waals surface area contributed by atoms with Crippen molar-refractivity contribution in [3.8, 4) is 0 Å². The average Bonchev–Trinajstić information content (AvgIpc) is 2.61. The van der Waals surface area contributed by atoms with Gasteiger partial charge in [-0.25, -0.2) is 12.8 Å². The van der Waals surface area contributed by atoms with E-state index in [0.717, 1.165) is 4.31 Å². The van der Waals surface area contributed by atoms with Gasteiger partial charge in [0.15, 0.2) is 0 Å². The van der Waals surface area contributed by atoms with E-state index in [0.29, 0.717) is 12.1 Å². The molecule has 0 atom stereocenters. The van der Waals surface area contributed by atoms with Crippen LogP contribution in [0.4, 0.5) is 10.1 Å². The monoisotopic (exact) mass is 412 g/mol. The van der Waals surface area contributed by atoms with Crippen molar-refractivity contribution in [3.05, 3.63) is 58.9 Å². The number of amides is 1. The Morgan fingerprint density at radius 2 is 1.78 bits per heavy atom. The number of sulfonamides is 1. The topological polar surface area (TPSA) is 66.5 Å². The number of rotatable bonds is 6. The molecular weight excluding hydrogens is 391 g/mol. The lowest BCUT2D eigenvalue weighted by molar-refractivity contribution is 0.0911. The largest absolute Gasteiger partial charge is 0.347 e. The number of carbonyl (C=O) groups is 1.